The molecule has 0 aliphatic carbocycles. The Kier molecular flexibility index (Phi) is 2.98. The van der Waals surface area contributed by atoms with Crippen LogP contribution < -0.4 is 11.1 Å². The van der Waals surface area contributed by atoms with E-state index in [9.17, 15) is 0 Å². The molecule has 0 saturated carbocycles. The van der Waals surface area contributed by atoms with Crippen molar-refractivity contribution in [2.24, 2.45) is 5.73 Å². The van der Waals surface area contributed by atoms with Crippen LogP contribution in [0.25, 0.3) is 0 Å². The number of nitrogens with one attached hydrogen (secondary N) is 1. The molecule has 3 heteroatoms. The second kappa shape index (κ2) is 4.22. The van der Waals surface area contributed by atoms with Crippen molar-refractivity contribution in [3.05, 3.63) is 22.4 Å². The summed E-state index contributed by atoms with van der Waals surface area (Å²) in [5, 5.41) is 5.68. The summed E-state index contributed by atoms with van der Waals surface area (Å²) in [7, 11) is 0. The summed E-state index contributed by atoms with van der Waals surface area (Å²) >= 11 is 1.87. The highest BCUT2D eigenvalue weighted by Gasteiger charge is 2.27. The predicted molar refractivity (Wildman–Crippen MR) is 57.1 cm³/mol. The Balaban J connectivity index is 2.05. The molecule has 0 aromatic carbocycles. The first-order valence-corrected chi connectivity index (χ1v) is 5.76. The first-order valence-electron chi connectivity index (χ1n) is 4.88. The van der Waals surface area contributed by atoms with Crippen molar-refractivity contribution in [3.8, 4) is 0 Å². The van der Waals surface area contributed by atoms with E-state index in [1.807, 2.05) is 11.3 Å². The van der Waals surface area contributed by atoms with Gasteiger partial charge in [-0.2, -0.15) is 0 Å². The van der Waals surface area contributed by atoms with Gasteiger partial charge in [-0.05, 0) is 37.4 Å². The van der Waals surface area contributed by atoms with Crippen molar-refractivity contribution in [1.82, 2.24) is 5.32 Å². The summed E-state index contributed by atoms with van der Waals surface area (Å²) in [4.78, 5) is 1.52. The minimum Gasteiger partial charge on any atom is -0.330 e. The highest BCUT2D eigenvalue weighted by atomic mass is 32.1. The highest BCUT2D eigenvalue weighted by molar-refractivity contribution is 7.10. The third-order valence-electron chi connectivity index (χ3n) is 2.73. The number of thiophene rings is 1. The maximum Gasteiger partial charge on any atom is 0.0156 e. The van der Waals surface area contributed by atoms with Gasteiger partial charge < -0.3 is 11.1 Å². The molecule has 1 aromatic heterocycles. The van der Waals surface area contributed by atoms with Gasteiger partial charge in [0.1, 0.15) is 0 Å². The van der Waals surface area contributed by atoms with Crippen molar-refractivity contribution >= 4 is 11.3 Å². The SMILES string of the molecule is NCCC1NCCC1c1cccs1. The van der Waals surface area contributed by atoms with Gasteiger partial charge in [0.25, 0.3) is 0 Å². The second-order valence-corrected chi connectivity index (χ2v) is 4.53. The smallest absolute Gasteiger partial charge is 0.0156 e. The molecular weight excluding hydrogens is 180 g/mol. The average molecular weight is 196 g/mol. The Bertz CT molecular complexity index is 245. The van der Waals surface area contributed by atoms with Crippen LogP contribution in [0.4, 0.5) is 0 Å². The van der Waals surface area contributed by atoms with E-state index in [4.69, 9.17) is 5.73 Å². The Morgan fingerprint density at radius 3 is 3.23 bits per heavy atom. The Labute approximate surface area is 83.1 Å². The van der Waals surface area contributed by atoms with Crippen LogP contribution in [0.1, 0.15) is 23.6 Å². The number of hydrogen-bond donors (Lipinski definition) is 2. The molecule has 1 aromatic rings. The van der Waals surface area contributed by atoms with Crippen LogP contribution in [0.15, 0.2) is 17.5 Å². The lowest BCUT2D eigenvalue weighted by atomic mass is 9.96. The van der Waals surface area contributed by atoms with Crippen molar-refractivity contribution in [2.75, 3.05) is 13.1 Å². The van der Waals surface area contributed by atoms with Crippen LogP contribution in [0.3, 0.4) is 0 Å². The lowest BCUT2D eigenvalue weighted by Gasteiger charge is -2.17. The van der Waals surface area contributed by atoms with Crippen LogP contribution in [-0.2, 0) is 0 Å². The first-order chi connectivity index (χ1) is 6.42. The summed E-state index contributed by atoms with van der Waals surface area (Å²) < 4.78 is 0. The molecule has 0 amide bonds. The zero-order valence-electron chi connectivity index (χ0n) is 7.70. The van der Waals surface area contributed by atoms with Crippen molar-refractivity contribution in [3.63, 3.8) is 0 Å². The fourth-order valence-corrected chi connectivity index (χ4v) is 3.02. The van der Waals surface area contributed by atoms with Gasteiger partial charge in [-0.3, -0.25) is 0 Å². The quantitative estimate of drug-likeness (QED) is 0.769. The fraction of sp³-hybridized carbons (Fsp3) is 0.600. The zero-order valence-corrected chi connectivity index (χ0v) is 8.52. The molecule has 2 nitrogen and oxygen atoms in total. The Hall–Kier alpha value is -0.380. The lowest BCUT2D eigenvalue weighted by molar-refractivity contribution is 0.520. The standard InChI is InChI=1S/C10H16N2S/c11-5-3-9-8(4-6-12-9)10-2-1-7-13-10/h1-2,7-9,12H,3-6,11H2. The van der Waals surface area contributed by atoms with Crippen LogP contribution in [0.5, 0.6) is 0 Å². The molecule has 2 rings (SSSR count). The Morgan fingerprint density at radius 1 is 1.62 bits per heavy atom. The predicted octanol–water partition coefficient (Wildman–Crippen LogP) is 1.54. The van der Waals surface area contributed by atoms with E-state index >= 15 is 0 Å². The monoisotopic (exact) mass is 196 g/mol. The number of nitrogens with two attached hydrogens (primary N) is 1. The van der Waals surface area contributed by atoms with E-state index in [0.29, 0.717) is 12.0 Å². The maximum absolute atomic E-state index is 5.59. The van der Waals surface area contributed by atoms with E-state index in [0.717, 1.165) is 19.5 Å². The first kappa shape index (κ1) is 9.19. The molecule has 0 bridgehead atoms. The van der Waals surface area contributed by atoms with Gasteiger partial charge in [-0.15, -0.1) is 11.3 Å². The Morgan fingerprint density at radius 2 is 2.54 bits per heavy atom. The van der Waals surface area contributed by atoms with Crippen molar-refractivity contribution in [2.45, 2.75) is 24.8 Å². The third-order valence-corrected chi connectivity index (χ3v) is 3.74. The van der Waals surface area contributed by atoms with Crippen molar-refractivity contribution in [1.29, 1.82) is 0 Å². The molecule has 2 heterocycles. The molecule has 3 N–H and O–H groups in total. The van der Waals surface area contributed by atoms with Crippen LogP contribution in [-0.4, -0.2) is 19.1 Å². The molecule has 2 atom stereocenters. The summed E-state index contributed by atoms with van der Waals surface area (Å²) in [6, 6.07) is 4.99. The summed E-state index contributed by atoms with van der Waals surface area (Å²) in [5.41, 5.74) is 5.59. The van der Waals surface area contributed by atoms with Gasteiger partial charge in [0.05, 0.1) is 0 Å². The van der Waals surface area contributed by atoms with E-state index in [1.165, 1.54) is 11.3 Å². The number of rotatable bonds is 3. The van der Waals surface area contributed by atoms with Crippen LogP contribution in [0, 0.1) is 0 Å². The molecule has 1 aliphatic heterocycles. The molecule has 72 valence electrons. The van der Waals surface area contributed by atoms with Gasteiger partial charge in [0.15, 0.2) is 0 Å². The molecule has 13 heavy (non-hydrogen) atoms. The normalized spacial score (nSPS) is 28.1. The van der Waals surface area contributed by atoms with E-state index in [2.05, 4.69) is 22.8 Å². The molecule has 0 spiro atoms. The molecule has 1 fully saturated rings. The summed E-state index contributed by atoms with van der Waals surface area (Å²) in [5.74, 6) is 0.712. The third kappa shape index (κ3) is 1.93. The van der Waals surface area contributed by atoms with Gasteiger partial charge in [-0.1, -0.05) is 6.07 Å². The average Bonchev–Trinajstić information content (AvgIpc) is 2.71. The van der Waals surface area contributed by atoms with Gasteiger partial charge >= 0.3 is 0 Å². The maximum atomic E-state index is 5.59. The molecule has 0 radical (unpaired) electrons. The molecule has 2 unspecified atom stereocenters. The van der Waals surface area contributed by atoms with E-state index in [-0.39, 0.29) is 0 Å². The second-order valence-electron chi connectivity index (χ2n) is 3.55. The molecule has 1 aliphatic rings. The van der Waals surface area contributed by atoms with Gasteiger partial charge in [-0.25, -0.2) is 0 Å². The zero-order chi connectivity index (χ0) is 9.10. The lowest BCUT2D eigenvalue weighted by Crippen LogP contribution is -2.28. The van der Waals surface area contributed by atoms with Crippen LogP contribution >= 0.6 is 11.3 Å². The minimum absolute atomic E-state index is 0.614. The summed E-state index contributed by atoms with van der Waals surface area (Å²) in [6.45, 7) is 1.94. The summed E-state index contributed by atoms with van der Waals surface area (Å²) in [6.07, 6.45) is 2.37. The van der Waals surface area contributed by atoms with E-state index in [1.54, 1.807) is 0 Å². The van der Waals surface area contributed by atoms with Crippen molar-refractivity contribution < 1.29 is 0 Å². The van der Waals surface area contributed by atoms with Gasteiger partial charge in [0.2, 0.25) is 0 Å². The largest absolute Gasteiger partial charge is 0.330 e. The topological polar surface area (TPSA) is 38.0 Å². The number of hydrogen-bond acceptors (Lipinski definition) is 3. The van der Waals surface area contributed by atoms with Gasteiger partial charge in [0, 0.05) is 16.8 Å². The fourth-order valence-electron chi connectivity index (χ4n) is 2.09. The molecule has 1 saturated heterocycles. The molecular formula is C10H16N2S. The highest BCUT2D eigenvalue weighted by Crippen LogP contribution is 2.31. The minimum atomic E-state index is 0.614. The van der Waals surface area contributed by atoms with Crippen LogP contribution in [0.2, 0.25) is 0 Å². The van der Waals surface area contributed by atoms with E-state index < -0.39 is 0 Å².